The largest absolute Gasteiger partial charge is 0.323 e. The maximum absolute atomic E-state index is 12.3. The van der Waals surface area contributed by atoms with Crippen molar-refractivity contribution in [3.8, 4) is 0 Å². The van der Waals surface area contributed by atoms with Crippen molar-refractivity contribution in [3.05, 3.63) is 55.4 Å². The van der Waals surface area contributed by atoms with Crippen molar-refractivity contribution in [2.24, 2.45) is 0 Å². The minimum Gasteiger partial charge on any atom is -0.323 e. The average molecular weight is 477 g/mol. The van der Waals surface area contributed by atoms with Crippen LogP contribution in [-0.2, 0) is 14.8 Å². The minimum atomic E-state index is -3.85. The number of benzene rings is 2. The molecule has 2 aromatic carbocycles. The third kappa shape index (κ3) is 5.09. The van der Waals surface area contributed by atoms with E-state index in [0.717, 1.165) is 10.6 Å². The molecule has 0 radical (unpaired) electrons. The Hall–Kier alpha value is -0.890. The average Bonchev–Trinajstić information content (AvgIpc) is 2.52. The van der Waals surface area contributed by atoms with E-state index < -0.39 is 22.5 Å². The second-order valence-electron chi connectivity index (χ2n) is 5.14. The molecule has 11 heteroatoms. The zero-order valence-corrected chi connectivity index (χ0v) is 17.7. The lowest BCUT2D eigenvalue weighted by molar-refractivity contribution is -0.114. The van der Waals surface area contributed by atoms with E-state index in [1.165, 1.54) is 18.2 Å². The summed E-state index contributed by atoms with van der Waals surface area (Å²) in [6, 6.07) is 7.24. The van der Waals surface area contributed by atoms with Gasteiger partial charge < -0.3 is 5.32 Å². The van der Waals surface area contributed by atoms with Crippen LogP contribution in [0.3, 0.4) is 0 Å². The molecular weight excluding hydrogens is 466 g/mol. The summed E-state index contributed by atoms with van der Waals surface area (Å²) in [7, 11) is -3.85. The lowest BCUT2D eigenvalue weighted by atomic mass is 10.3. The highest BCUT2D eigenvalue weighted by molar-refractivity contribution is 7.92. The van der Waals surface area contributed by atoms with Gasteiger partial charge in [-0.15, -0.1) is 0 Å². The Morgan fingerprint density at radius 1 is 1.00 bits per heavy atom. The van der Waals surface area contributed by atoms with Crippen molar-refractivity contribution in [2.75, 3.05) is 22.4 Å². The van der Waals surface area contributed by atoms with Gasteiger partial charge in [-0.05, 0) is 24.3 Å². The Labute approximate surface area is 175 Å². The molecule has 0 saturated heterocycles. The number of rotatable bonds is 5. The van der Waals surface area contributed by atoms with Crippen molar-refractivity contribution < 1.29 is 13.2 Å². The summed E-state index contributed by atoms with van der Waals surface area (Å²) in [5.74, 6) is -0.651. The quantitative estimate of drug-likeness (QED) is 0.591. The van der Waals surface area contributed by atoms with Gasteiger partial charge in [0.05, 0.1) is 42.7 Å². The van der Waals surface area contributed by atoms with Crippen LogP contribution in [0.15, 0.2) is 30.3 Å². The van der Waals surface area contributed by atoms with Crippen molar-refractivity contribution in [2.45, 2.75) is 0 Å². The Morgan fingerprint density at radius 2 is 1.62 bits per heavy atom. The predicted octanol–water partition coefficient (Wildman–Crippen LogP) is 5.36. The zero-order chi connectivity index (χ0) is 19.6. The molecule has 0 unspecified atom stereocenters. The second kappa shape index (κ2) is 8.42. The minimum absolute atomic E-state index is 0.0240. The topological polar surface area (TPSA) is 66.5 Å². The van der Waals surface area contributed by atoms with Gasteiger partial charge in [0.1, 0.15) is 6.54 Å². The molecule has 1 amide bonds. The molecule has 5 nitrogen and oxygen atoms in total. The third-order valence-corrected chi connectivity index (χ3v) is 6.14. The Balaban J connectivity index is 2.34. The number of nitrogens with one attached hydrogen (secondary N) is 1. The molecule has 140 valence electrons. The Kier molecular flexibility index (Phi) is 6.93. The summed E-state index contributed by atoms with van der Waals surface area (Å²) in [6.45, 7) is -0.556. The number of nitrogens with zero attached hydrogens (tertiary/aromatic N) is 1. The number of carbonyl (C=O) groups excluding carboxylic acids is 1. The number of sulfonamides is 1. The highest BCUT2D eigenvalue weighted by atomic mass is 35.5. The molecule has 0 aromatic heterocycles. The molecule has 0 heterocycles. The van der Waals surface area contributed by atoms with Gasteiger partial charge in [0.2, 0.25) is 15.9 Å². The maximum atomic E-state index is 12.3. The van der Waals surface area contributed by atoms with Gasteiger partial charge >= 0.3 is 0 Å². The van der Waals surface area contributed by atoms with E-state index in [2.05, 4.69) is 5.32 Å². The van der Waals surface area contributed by atoms with Crippen LogP contribution in [0.2, 0.25) is 25.1 Å². The SMILES string of the molecule is CS(=O)(=O)N(CC(=O)Nc1cccc(Cl)c1Cl)c1cc(Cl)c(Cl)cc1Cl. The molecule has 0 aliphatic carbocycles. The lowest BCUT2D eigenvalue weighted by Crippen LogP contribution is -2.37. The molecule has 0 aliphatic rings. The molecule has 0 spiro atoms. The van der Waals surface area contributed by atoms with E-state index in [1.54, 1.807) is 12.1 Å². The molecule has 0 saturated carbocycles. The summed E-state index contributed by atoms with van der Waals surface area (Å²) >= 11 is 29.8. The number of amides is 1. The highest BCUT2D eigenvalue weighted by Gasteiger charge is 2.24. The van der Waals surface area contributed by atoms with Crippen molar-refractivity contribution in [3.63, 3.8) is 0 Å². The van der Waals surface area contributed by atoms with Crippen LogP contribution in [0.4, 0.5) is 11.4 Å². The van der Waals surface area contributed by atoms with E-state index >= 15 is 0 Å². The van der Waals surface area contributed by atoms with Crippen LogP contribution in [-0.4, -0.2) is 27.1 Å². The van der Waals surface area contributed by atoms with E-state index in [0.29, 0.717) is 0 Å². The van der Waals surface area contributed by atoms with E-state index in [9.17, 15) is 13.2 Å². The Morgan fingerprint density at radius 3 is 2.23 bits per heavy atom. The number of hydrogen-bond acceptors (Lipinski definition) is 3. The molecule has 26 heavy (non-hydrogen) atoms. The van der Waals surface area contributed by atoms with Crippen LogP contribution in [0.25, 0.3) is 0 Å². The standard InChI is InChI=1S/C15H11Cl5N2O3S/c1-26(24,25)22(13-6-10(18)9(17)5-11(13)19)7-14(23)21-12-4-2-3-8(16)15(12)20/h2-6H,7H2,1H3,(H,21,23). The first-order chi connectivity index (χ1) is 12.0. The summed E-state index contributed by atoms with van der Waals surface area (Å²) in [4.78, 5) is 12.3. The van der Waals surface area contributed by atoms with Gasteiger partial charge in [-0.25, -0.2) is 8.42 Å². The highest BCUT2D eigenvalue weighted by Crippen LogP contribution is 2.35. The van der Waals surface area contributed by atoms with Crippen LogP contribution in [0.5, 0.6) is 0 Å². The number of hydrogen-bond donors (Lipinski definition) is 1. The van der Waals surface area contributed by atoms with E-state index in [4.69, 9.17) is 58.0 Å². The first kappa shape index (κ1) is 21.4. The smallest absolute Gasteiger partial charge is 0.245 e. The van der Waals surface area contributed by atoms with Crippen molar-refractivity contribution in [1.29, 1.82) is 0 Å². The fraction of sp³-hybridized carbons (Fsp3) is 0.133. The number of anilines is 2. The summed E-state index contributed by atoms with van der Waals surface area (Å²) < 4.78 is 25.1. The summed E-state index contributed by atoms with van der Waals surface area (Å²) in [6.07, 6.45) is 0.936. The summed E-state index contributed by atoms with van der Waals surface area (Å²) in [5, 5.41) is 3.17. The predicted molar refractivity (Wildman–Crippen MR) is 109 cm³/mol. The monoisotopic (exact) mass is 474 g/mol. The van der Waals surface area contributed by atoms with Gasteiger partial charge in [-0.2, -0.15) is 0 Å². The lowest BCUT2D eigenvalue weighted by Gasteiger charge is -2.23. The summed E-state index contributed by atoms with van der Waals surface area (Å²) in [5.41, 5.74) is 0.272. The first-order valence-corrected chi connectivity index (χ1v) is 10.6. The molecule has 0 aliphatic heterocycles. The van der Waals surface area contributed by atoms with Gasteiger partial charge in [-0.1, -0.05) is 64.1 Å². The third-order valence-electron chi connectivity index (χ3n) is 3.17. The fourth-order valence-electron chi connectivity index (χ4n) is 2.00. The van der Waals surface area contributed by atoms with Gasteiger partial charge in [0.25, 0.3) is 0 Å². The Bertz CT molecular complexity index is 966. The van der Waals surface area contributed by atoms with Gasteiger partial charge in [0, 0.05) is 0 Å². The maximum Gasteiger partial charge on any atom is 0.245 e. The number of halogens is 5. The molecule has 2 aromatic rings. The van der Waals surface area contributed by atoms with Gasteiger partial charge in [-0.3, -0.25) is 9.10 Å². The van der Waals surface area contributed by atoms with Crippen molar-refractivity contribution >= 4 is 85.3 Å². The van der Waals surface area contributed by atoms with Crippen molar-refractivity contribution in [1.82, 2.24) is 0 Å². The molecule has 0 bridgehead atoms. The molecule has 2 rings (SSSR count). The van der Waals surface area contributed by atoms with E-state index in [-0.39, 0.29) is 36.5 Å². The molecular formula is C15H11Cl5N2O3S. The fourth-order valence-corrected chi connectivity index (χ4v) is 3.91. The van der Waals surface area contributed by atoms with Crippen LogP contribution in [0.1, 0.15) is 0 Å². The van der Waals surface area contributed by atoms with Gasteiger partial charge in [0.15, 0.2) is 0 Å². The number of carbonyl (C=O) groups is 1. The molecule has 0 atom stereocenters. The van der Waals surface area contributed by atoms with Crippen LogP contribution in [0, 0.1) is 0 Å². The molecule has 0 fully saturated rings. The first-order valence-electron chi connectivity index (χ1n) is 6.87. The zero-order valence-electron chi connectivity index (χ0n) is 13.1. The van der Waals surface area contributed by atoms with E-state index in [1.807, 2.05) is 0 Å². The second-order valence-corrected chi connectivity index (χ2v) is 9.05. The van der Waals surface area contributed by atoms with Crippen LogP contribution < -0.4 is 9.62 Å². The van der Waals surface area contributed by atoms with Crippen LogP contribution >= 0.6 is 58.0 Å². The normalized spacial score (nSPS) is 11.3. The molecule has 1 N–H and O–H groups in total.